The number of benzene rings is 1. The molecule has 2 rings (SSSR count). The summed E-state index contributed by atoms with van der Waals surface area (Å²) in [7, 11) is -3.60. The van der Waals surface area contributed by atoms with Crippen LogP contribution in [0.5, 0.6) is 0 Å². The molecule has 1 aromatic rings. The molecule has 1 aliphatic heterocycles. The van der Waals surface area contributed by atoms with Crippen LogP contribution in [0, 0.1) is 6.92 Å². The van der Waals surface area contributed by atoms with Crippen molar-refractivity contribution in [1.29, 1.82) is 0 Å². The largest absolute Gasteiger partial charge is 0.316 e. The second-order valence-corrected chi connectivity index (χ2v) is 6.14. The lowest BCUT2D eigenvalue weighted by Gasteiger charge is -2.23. The smallest absolute Gasteiger partial charge is 0.238 e. The number of rotatable bonds is 2. The highest BCUT2D eigenvalue weighted by Crippen LogP contribution is 2.26. The second-order valence-electron chi connectivity index (χ2n) is 4.61. The molecule has 1 saturated heterocycles. The van der Waals surface area contributed by atoms with Crippen LogP contribution in [0.2, 0.25) is 0 Å². The lowest BCUT2D eigenvalue weighted by atomic mass is 9.91. The molecule has 1 fully saturated rings. The van der Waals surface area contributed by atoms with Crippen molar-refractivity contribution in [3.8, 4) is 0 Å². The van der Waals surface area contributed by atoms with Crippen molar-refractivity contribution in [2.75, 3.05) is 13.1 Å². The van der Waals surface area contributed by atoms with Crippen molar-refractivity contribution in [3.63, 3.8) is 0 Å². The van der Waals surface area contributed by atoms with Crippen molar-refractivity contribution in [3.05, 3.63) is 29.3 Å². The molecule has 0 amide bonds. The molecule has 0 bridgehead atoms. The third-order valence-electron chi connectivity index (χ3n) is 3.27. The van der Waals surface area contributed by atoms with E-state index in [9.17, 15) is 8.42 Å². The molecule has 4 nitrogen and oxygen atoms in total. The average Bonchev–Trinajstić information content (AvgIpc) is 2.28. The highest BCUT2D eigenvalue weighted by molar-refractivity contribution is 7.89. The first kappa shape index (κ1) is 12.5. The predicted octanol–water partition coefficient (Wildman–Crippen LogP) is 1.11. The van der Waals surface area contributed by atoms with Crippen LogP contribution in [0.1, 0.15) is 29.9 Å². The van der Waals surface area contributed by atoms with Gasteiger partial charge in [0, 0.05) is 6.54 Å². The Kier molecular flexibility index (Phi) is 3.51. The monoisotopic (exact) mass is 254 g/mol. The molecule has 1 aliphatic rings. The van der Waals surface area contributed by atoms with Gasteiger partial charge < -0.3 is 5.32 Å². The van der Waals surface area contributed by atoms with E-state index in [1.165, 1.54) is 12.0 Å². The fourth-order valence-electron chi connectivity index (χ4n) is 2.38. The summed E-state index contributed by atoms with van der Waals surface area (Å²) in [4.78, 5) is 0.227. The summed E-state index contributed by atoms with van der Waals surface area (Å²) in [5, 5.41) is 8.50. The summed E-state index contributed by atoms with van der Waals surface area (Å²) in [6, 6.07) is 5.44. The van der Waals surface area contributed by atoms with Gasteiger partial charge in [-0.05, 0) is 49.4 Å². The highest BCUT2D eigenvalue weighted by Gasteiger charge is 2.17. The van der Waals surface area contributed by atoms with Crippen molar-refractivity contribution >= 4 is 10.0 Å². The molecule has 0 radical (unpaired) electrons. The number of hydrogen-bond donors (Lipinski definition) is 2. The molecule has 1 heterocycles. The molecule has 0 aliphatic carbocycles. The fourth-order valence-corrected chi connectivity index (χ4v) is 3.15. The Morgan fingerprint density at radius 1 is 1.41 bits per heavy atom. The van der Waals surface area contributed by atoms with E-state index in [4.69, 9.17) is 5.14 Å². The maximum Gasteiger partial charge on any atom is 0.238 e. The molecule has 3 N–H and O–H groups in total. The van der Waals surface area contributed by atoms with Crippen LogP contribution in [-0.2, 0) is 10.0 Å². The fraction of sp³-hybridized carbons (Fsp3) is 0.500. The third kappa shape index (κ3) is 2.86. The third-order valence-corrected chi connectivity index (χ3v) is 4.34. The molecule has 0 saturated carbocycles. The van der Waals surface area contributed by atoms with Gasteiger partial charge in [0.15, 0.2) is 0 Å². The molecule has 5 heteroatoms. The van der Waals surface area contributed by atoms with E-state index in [0.717, 1.165) is 25.1 Å². The van der Waals surface area contributed by atoms with Crippen LogP contribution in [-0.4, -0.2) is 21.5 Å². The van der Waals surface area contributed by atoms with Crippen LogP contribution in [0.25, 0.3) is 0 Å². The summed E-state index contributed by atoms with van der Waals surface area (Å²) in [6.07, 6.45) is 2.32. The summed E-state index contributed by atoms with van der Waals surface area (Å²) in [6.45, 7) is 3.83. The number of primary sulfonamides is 1. The summed E-state index contributed by atoms with van der Waals surface area (Å²) >= 11 is 0. The van der Waals surface area contributed by atoms with Crippen LogP contribution >= 0.6 is 0 Å². The van der Waals surface area contributed by atoms with E-state index in [1.54, 1.807) is 13.0 Å². The van der Waals surface area contributed by atoms with E-state index in [0.29, 0.717) is 5.92 Å². The minimum absolute atomic E-state index is 0.227. The van der Waals surface area contributed by atoms with Crippen molar-refractivity contribution in [1.82, 2.24) is 5.32 Å². The van der Waals surface area contributed by atoms with Gasteiger partial charge in [-0.2, -0.15) is 0 Å². The van der Waals surface area contributed by atoms with E-state index in [1.807, 2.05) is 12.1 Å². The van der Waals surface area contributed by atoms with E-state index in [2.05, 4.69) is 5.32 Å². The lowest BCUT2D eigenvalue weighted by molar-refractivity contribution is 0.461. The van der Waals surface area contributed by atoms with Crippen LogP contribution in [0.4, 0.5) is 0 Å². The molecule has 17 heavy (non-hydrogen) atoms. The zero-order valence-electron chi connectivity index (χ0n) is 9.94. The Labute approximate surface area is 102 Å². The lowest BCUT2D eigenvalue weighted by Crippen LogP contribution is -2.28. The first-order valence-electron chi connectivity index (χ1n) is 5.82. The van der Waals surface area contributed by atoms with Gasteiger partial charge in [0.05, 0.1) is 4.90 Å². The van der Waals surface area contributed by atoms with Crippen LogP contribution in [0.15, 0.2) is 23.1 Å². The van der Waals surface area contributed by atoms with Gasteiger partial charge in [-0.1, -0.05) is 12.1 Å². The summed E-state index contributed by atoms with van der Waals surface area (Å²) < 4.78 is 22.6. The van der Waals surface area contributed by atoms with Gasteiger partial charge in [-0.25, -0.2) is 13.6 Å². The molecule has 94 valence electrons. The maximum atomic E-state index is 11.3. The zero-order chi connectivity index (χ0) is 12.5. The van der Waals surface area contributed by atoms with Crippen molar-refractivity contribution in [2.24, 2.45) is 5.14 Å². The Balaban J connectivity index is 2.30. The molecule has 1 aromatic carbocycles. The number of hydrogen-bond acceptors (Lipinski definition) is 3. The molecule has 0 spiro atoms. The van der Waals surface area contributed by atoms with Gasteiger partial charge in [-0.3, -0.25) is 0 Å². The number of piperidine rings is 1. The average molecular weight is 254 g/mol. The van der Waals surface area contributed by atoms with Crippen LogP contribution < -0.4 is 10.5 Å². The normalized spacial score (nSPS) is 21.4. The van der Waals surface area contributed by atoms with E-state index >= 15 is 0 Å². The number of nitrogens with two attached hydrogens (primary N) is 1. The molecule has 1 atom stereocenters. The van der Waals surface area contributed by atoms with Crippen LogP contribution in [0.3, 0.4) is 0 Å². The number of nitrogens with one attached hydrogen (secondary N) is 1. The Hall–Kier alpha value is -0.910. The quantitative estimate of drug-likeness (QED) is 0.830. The maximum absolute atomic E-state index is 11.3. The SMILES string of the molecule is Cc1cc(C2CCCNC2)ccc1S(N)(=O)=O. The standard InChI is InChI=1S/C12H18N2O2S/c1-9-7-10(11-3-2-6-14-8-11)4-5-12(9)17(13,15)16/h4-5,7,11,14H,2-3,6,8H2,1H3,(H2,13,15,16). The minimum Gasteiger partial charge on any atom is -0.316 e. The Morgan fingerprint density at radius 2 is 2.18 bits per heavy atom. The first-order chi connectivity index (χ1) is 7.98. The molecule has 1 unspecified atom stereocenters. The highest BCUT2D eigenvalue weighted by atomic mass is 32.2. The second kappa shape index (κ2) is 4.76. The molecular weight excluding hydrogens is 236 g/mol. The van der Waals surface area contributed by atoms with Crippen molar-refractivity contribution in [2.45, 2.75) is 30.6 Å². The Morgan fingerprint density at radius 3 is 2.71 bits per heavy atom. The summed E-state index contributed by atoms with van der Waals surface area (Å²) in [5.41, 5.74) is 1.93. The first-order valence-corrected chi connectivity index (χ1v) is 7.37. The topological polar surface area (TPSA) is 72.2 Å². The van der Waals surface area contributed by atoms with E-state index in [-0.39, 0.29) is 4.90 Å². The van der Waals surface area contributed by atoms with E-state index < -0.39 is 10.0 Å². The predicted molar refractivity (Wildman–Crippen MR) is 67.4 cm³/mol. The number of sulfonamides is 1. The Bertz CT molecular complexity index is 505. The van der Waals surface area contributed by atoms with Crippen molar-refractivity contribution < 1.29 is 8.42 Å². The number of aryl methyl sites for hydroxylation is 1. The van der Waals surface area contributed by atoms with Gasteiger partial charge in [0.25, 0.3) is 0 Å². The summed E-state index contributed by atoms with van der Waals surface area (Å²) in [5.74, 6) is 0.483. The van der Waals surface area contributed by atoms with Gasteiger partial charge in [0.2, 0.25) is 10.0 Å². The minimum atomic E-state index is -3.60. The van der Waals surface area contributed by atoms with Gasteiger partial charge >= 0.3 is 0 Å². The van der Waals surface area contributed by atoms with Gasteiger partial charge in [-0.15, -0.1) is 0 Å². The molecular formula is C12H18N2O2S. The van der Waals surface area contributed by atoms with Gasteiger partial charge in [0.1, 0.15) is 0 Å². The molecule has 0 aromatic heterocycles. The zero-order valence-corrected chi connectivity index (χ0v) is 10.8.